The van der Waals surface area contributed by atoms with Gasteiger partial charge in [0.2, 0.25) is 0 Å². The van der Waals surface area contributed by atoms with E-state index in [-0.39, 0.29) is 21.5 Å². The molecule has 0 fully saturated rings. The Balaban J connectivity index is 1.73. The number of sulfonamides is 1. The topological polar surface area (TPSA) is 98.8 Å². The van der Waals surface area contributed by atoms with E-state index in [1.54, 1.807) is 18.2 Å². The largest absolute Gasteiger partial charge is 0.486 e. The van der Waals surface area contributed by atoms with Crippen molar-refractivity contribution in [1.82, 2.24) is 0 Å². The highest BCUT2D eigenvalue weighted by molar-refractivity contribution is 8.14. The van der Waals surface area contributed by atoms with E-state index in [1.807, 2.05) is 0 Å². The molecular weight excluding hydrogens is 390 g/mol. The van der Waals surface area contributed by atoms with E-state index in [9.17, 15) is 18.0 Å². The third-order valence-corrected chi connectivity index (χ3v) is 5.90. The number of rotatable bonds is 6. The van der Waals surface area contributed by atoms with E-state index < -0.39 is 10.0 Å². The summed E-state index contributed by atoms with van der Waals surface area (Å²) >= 11 is 0.916. The molecule has 3 rings (SSSR count). The quantitative estimate of drug-likeness (QED) is 0.735. The molecule has 1 aliphatic rings. The van der Waals surface area contributed by atoms with Crippen LogP contribution in [0.4, 0.5) is 5.69 Å². The van der Waals surface area contributed by atoms with Gasteiger partial charge in [0.1, 0.15) is 13.2 Å². The summed E-state index contributed by atoms with van der Waals surface area (Å²) in [5.74, 6) is 0.830. The van der Waals surface area contributed by atoms with Crippen LogP contribution < -0.4 is 14.2 Å². The molecule has 1 N–H and O–H groups in total. The molecule has 0 spiro atoms. The molecule has 0 amide bonds. The summed E-state index contributed by atoms with van der Waals surface area (Å²) in [5, 5.41) is -0.147. The van der Waals surface area contributed by atoms with Gasteiger partial charge in [0.15, 0.2) is 22.4 Å². The summed E-state index contributed by atoms with van der Waals surface area (Å²) in [6, 6.07) is 10.4. The number of carbonyl (C=O) groups is 2. The number of ether oxygens (including phenoxy) is 2. The fraction of sp³-hybridized carbons (Fsp3) is 0.222. The van der Waals surface area contributed by atoms with Crippen molar-refractivity contribution in [1.29, 1.82) is 0 Å². The first-order valence-electron chi connectivity index (χ1n) is 8.04. The van der Waals surface area contributed by atoms with Crippen LogP contribution in [0.2, 0.25) is 0 Å². The first kappa shape index (κ1) is 19.2. The monoisotopic (exact) mass is 407 g/mol. The highest BCUT2D eigenvalue weighted by Gasteiger charge is 2.18. The smallest absolute Gasteiger partial charge is 0.261 e. The van der Waals surface area contributed by atoms with Gasteiger partial charge in [-0.3, -0.25) is 14.3 Å². The number of Topliss-reactive ketones (excluding diaryl/α,β-unsaturated/α-hetero) is 1. The molecule has 2 aromatic rings. The summed E-state index contributed by atoms with van der Waals surface area (Å²) in [6.07, 6.45) is 0. The minimum absolute atomic E-state index is 0.0214. The van der Waals surface area contributed by atoms with E-state index in [2.05, 4.69) is 4.72 Å². The summed E-state index contributed by atoms with van der Waals surface area (Å²) in [4.78, 5) is 22.9. The van der Waals surface area contributed by atoms with Crippen LogP contribution in [-0.4, -0.2) is 38.3 Å². The minimum Gasteiger partial charge on any atom is -0.486 e. The Labute approximate surface area is 161 Å². The zero-order valence-electron chi connectivity index (χ0n) is 14.4. The zero-order valence-corrected chi connectivity index (χ0v) is 16.1. The standard InChI is InChI=1S/C18H17NO6S2/c1-12(20)26-11-16(21)13-2-5-15(6-3-13)27(22,23)19-14-4-7-17-18(10-14)25-9-8-24-17/h2-7,10,19H,8-9,11H2,1H3. The number of anilines is 1. The summed E-state index contributed by atoms with van der Waals surface area (Å²) in [5.41, 5.74) is 0.694. The number of ketones is 1. The van der Waals surface area contributed by atoms with Crippen LogP contribution in [0.5, 0.6) is 11.5 Å². The Morgan fingerprint density at radius 3 is 2.37 bits per heavy atom. The number of carbonyl (C=O) groups excluding carboxylic acids is 2. The van der Waals surface area contributed by atoms with Crippen molar-refractivity contribution < 1.29 is 27.5 Å². The van der Waals surface area contributed by atoms with Crippen molar-refractivity contribution >= 4 is 38.4 Å². The lowest BCUT2D eigenvalue weighted by Crippen LogP contribution is -2.16. The lowest BCUT2D eigenvalue weighted by atomic mass is 10.1. The predicted molar refractivity (Wildman–Crippen MR) is 102 cm³/mol. The molecule has 0 unspecified atom stereocenters. The first-order valence-corrected chi connectivity index (χ1v) is 10.5. The maximum atomic E-state index is 12.5. The molecule has 9 heteroatoms. The summed E-state index contributed by atoms with van der Waals surface area (Å²) in [6.45, 7) is 2.24. The fourth-order valence-electron chi connectivity index (χ4n) is 2.39. The number of thioether (sulfide) groups is 1. The van der Waals surface area contributed by atoms with Gasteiger partial charge in [-0.2, -0.15) is 0 Å². The van der Waals surface area contributed by atoms with Crippen LogP contribution >= 0.6 is 11.8 Å². The van der Waals surface area contributed by atoms with Crippen molar-refractivity contribution in [3.05, 3.63) is 48.0 Å². The molecule has 27 heavy (non-hydrogen) atoms. The summed E-state index contributed by atoms with van der Waals surface area (Å²) < 4.78 is 38.4. The third-order valence-electron chi connectivity index (χ3n) is 3.69. The highest BCUT2D eigenvalue weighted by atomic mass is 32.2. The molecule has 2 aromatic carbocycles. The molecule has 0 aliphatic carbocycles. The Kier molecular flexibility index (Phi) is 5.71. The first-order chi connectivity index (χ1) is 12.8. The Hall–Kier alpha value is -2.52. The van der Waals surface area contributed by atoms with Gasteiger partial charge in [-0.25, -0.2) is 8.42 Å². The van der Waals surface area contributed by atoms with Crippen LogP contribution in [0.25, 0.3) is 0 Å². The van der Waals surface area contributed by atoms with E-state index in [0.29, 0.717) is 36.0 Å². The van der Waals surface area contributed by atoms with E-state index in [0.717, 1.165) is 11.8 Å². The lowest BCUT2D eigenvalue weighted by molar-refractivity contribution is -0.109. The molecule has 0 aromatic heterocycles. The molecule has 0 bridgehead atoms. The maximum Gasteiger partial charge on any atom is 0.261 e. The van der Waals surface area contributed by atoms with Crippen molar-refractivity contribution in [2.24, 2.45) is 0 Å². The predicted octanol–water partition coefficient (Wildman–Crippen LogP) is 2.72. The van der Waals surface area contributed by atoms with E-state index in [4.69, 9.17) is 9.47 Å². The van der Waals surface area contributed by atoms with Crippen LogP contribution in [0.15, 0.2) is 47.4 Å². The van der Waals surface area contributed by atoms with Crippen LogP contribution in [0.3, 0.4) is 0 Å². The minimum atomic E-state index is -3.83. The molecule has 1 aliphatic heterocycles. The van der Waals surface area contributed by atoms with Gasteiger partial charge in [0, 0.05) is 18.6 Å². The molecule has 1 heterocycles. The zero-order chi connectivity index (χ0) is 19.4. The number of benzene rings is 2. The Morgan fingerprint density at radius 1 is 1.04 bits per heavy atom. The number of fused-ring (bicyclic) bond motifs is 1. The molecule has 142 valence electrons. The van der Waals surface area contributed by atoms with Gasteiger partial charge < -0.3 is 9.47 Å². The average molecular weight is 407 g/mol. The molecule has 7 nitrogen and oxygen atoms in total. The normalized spacial score (nSPS) is 13.1. The van der Waals surface area contributed by atoms with Crippen LogP contribution in [0.1, 0.15) is 17.3 Å². The average Bonchev–Trinajstić information content (AvgIpc) is 2.65. The van der Waals surface area contributed by atoms with Crippen molar-refractivity contribution in [2.75, 3.05) is 23.7 Å². The second-order valence-electron chi connectivity index (χ2n) is 5.69. The second-order valence-corrected chi connectivity index (χ2v) is 8.53. The van der Waals surface area contributed by atoms with Gasteiger partial charge in [-0.1, -0.05) is 23.9 Å². The van der Waals surface area contributed by atoms with Crippen LogP contribution in [-0.2, 0) is 14.8 Å². The van der Waals surface area contributed by atoms with Crippen molar-refractivity contribution in [3.63, 3.8) is 0 Å². The second kappa shape index (κ2) is 8.01. The van der Waals surface area contributed by atoms with Crippen molar-refractivity contribution in [2.45, 2.75) is 11.8 Å². The molecule has 0 atom stereocenters. The Bertz CT molecular complexity index is 970. The highest BCUT2D eigenvalue weighted by Crippen LogP contribution is 2.33. The molecule has 0 radical (unpaired) electrons. The van der Waals surface area contributed by atoms with E-state index >= 15 is 0 Å². The lowest BCUT2D eigenvalue weighted by Gasteiger charge is -2.19. The molecular formula is C18H17NO6S2. The van der Waals surface area contributed by atoms with Gasteiger partial charge in [-0.15, -0.1) is 0 Å². The van der Waals surface area contributed by atoms with Gasteiger partial charge in [-0.05, 0) is 24.3 Å². The van der Waals surface area contributed by atoms with Gasteiger partial charge in [0.05, 0.1) is 16.3 Å². The SMILES string of the molecule is CC(=O)SCC(=O)c1ccc(S(=O)(=O)Nc2ccc3c(c2)OCCO3)cc1. The number of hydrogen-bond acceptors (Lipinski definition) is 7. The molecule has 0 saturated heterocycles. The number of nitrogens with one attached hydrogen (secondary N) is 1. The third kappa shape index (κ3) is 4.81. The Morgan fingerprint density at radius 2 is 1.70 bits per heavy atom. The maximum absolute atomic E-state index is 12.5. The van der Waals surface area contributed by atoms with Gasteiger partial charge >= 0.3 is 0 Å². The summed E-state index contributed by atoms with van der Waals surface area (Å²) in [7, 11) is -3.83. The number of hydrogen-bond donors (Lipinski definition) is 1. The fourth-order valence-corrected chi connectivity index (χ4v) is 3.94. The van der Waals surface area contributed by atoms with E-state index in [1.165, 1.54) is 31.2 Å². The van der Waals surface area contributed by atoms with Crippen LogP contribution in [0, 0.1) is 0 Å². The molecule has 0 saturated carbocycles. The van der Waals surface area contributed by atoms with Gasteiger partial charge in [0.25, 0.3) is 10.0 Å². The van der Waals surface area contributed by atoms with Crippen molar-refractivity contribution in [3.8, 4) is 11.5 Å².